The van der Waals surface area contributed by atoms with Crippen molar-refractivity contribution < 1.29 is 4.79 Å². The molecule has 0 aromatic heterocycles. The van der Waals surface area contributed by atoms with Gasteiger partial charge in [0.15, 0.2) is 5.92 Å². The molecule has 0 aliphatic heterocycles. The van der Waals surface area contributed by atoms with Crippen molar-refractivity contribution in [2.75, 3.05) is 5.32 Å². The maximum Gasteiger partial charge on any atom is 0.246 e. The highest BCUT2D eigenvalue weighted by Crippen LogP contribution is 2.25. The van der Waals surface area contributed by atoms with Crippen LogP contribution in [0.1, 0.15) is 17.0 Å². The Labute approximate surface area is 130 Å². The lowest BCUT2D eigenvalue weighted by Crippen LogP contribution is -2.20. The molecule has 1 amide bonds. The van der Waals surface area contributed by atoms with Crippen molar-refractivity contribution >= 4 is 27.5 Å². The van der Waals surface area contributed by atoms with Crippen LogP contribution in [0.5, 0.6) is 0 Å². The number of benzene rings is 2. The van der Waals surface area contributed by atoms with Crippen LogP contribution in [0, 0.1) is 22.7 Å². The summed E-state index contributed by atoms with van der Waals surface area (Å²) in [5.41, 5.74) is 1.65. The summed E-state index contributed by atoms with van der Waals surface area (Å²) in [6.45, 7) is 0. The SMILES string of the molecule is N#Cc1ccc(NC(=O)C(C#N)c2ccccc2)c(Br)c1. The molecule has 0 spiro atoms. The minimum Gasteiger partial charge on any atom is -0.324 e. The van der Waals surface area contributed by atoms with E-state index in [0.717, 1.165) is 0 Å². The molecule has 0 saturated heterocycles. The Kier molecular flexibility index (Phi) is 4.71. The summed E-state index contributed by atoms with van der Waals surface area (Å²) < 4.78 is 0.597. The standard InChI is InChI=1S/C16H10BrN3O/c17-14-8-11(9-18)6-7-15(14)20-16(21)13(10-19)12-4-2-1-3-5-12/h1-8,13H,(H,20,21). The fourth-order valence-corrected chi connectivity index (χ4v) is 2.30. The third-order valence-corrected chi connectivity index (χ3v) is 3.54. The van der Waals surface area contributed by atoms with Gasteiger partial charge in [-0.2, -0.15) is 10.5 Å². The second-order valence-electron chi connectivity index (χ2n) is 4.27. The van der Waals surface area contributed by atoms with Gasteiger partial charge >= 0.3 is 0 Å². The molecule has 1 unspecified atom stereocenters. The van der Waals surface area contributed by atoms with Gasteiger partial charge in [0.25, 0.3) is 0 Å². The summed E-state index contributed by atoms with van der Waals surface area (Å²) in [6, 6.07) is 17.7. The van der Waals surface area contributed by atoms with Crippen LogP contribution in [0.2, 0.25) is 0 Å². The van der Waals surface area contributed by atoms with E-state index >= 15 is 0 Å². The van der Waals surface area contributed by atoms with Crippen molar-refractivity contribution in [2.24, 2.45) is 0 Å². The lowest BCUT2D eigenvalue weighted by atomic mass is 10.00. The van der Waals surface area contributed by atoms with E-state index in [1.54, 1.807) is 42.5 Å². The molecule has 0 bridgehead atoms. The number of hydrogen-bond donors (Lipinski definition) is 1. The predicted octanol–water partition coefficient (Wildman–Crippen LogP) is 3.57. The van der Waals surface area contributed by atoms with E-state index in [4.69, 9.17) is 5.26 Å². The van der Waals surface area contributed by atoms with Gasteiger partial charge in [-0.3, -0.25) is 4.79 Å². The van der Waals surface area contributed by atoms with Crippen molar-refractivity contribution in [3.8, 4) is 12.1 Å². The number of rotatable bonds is 3. The number of carbonyl (C=O) groups excluding carboxylic acids is 1. The Balaban J connectivity index is 2.22. The van der Waals surface area contributed by atoms with E-state index in [1.807, 2.05) is 18.2 Å². The maximum absolute atomic E-state index is 12.2. The van der Waals surface area contributed by atoms with E-state index in [0.29, 0.717) is 21.3 Å². The van der Waals surface area contributed by atoms with Crippen molar-refractivity contribution in [3.63, 3.8) is 0 Å². The lowest BCUT2D eigenvalue weighted by Gasteiger charge is -2.11. The van der Waals surface area contributed by atoms with Crippen molar-refractivity contribution in [2.45, 2.75) is 5.92 Å². The number of carbonyl (C=O) groups is 1. The second-order valence-corrected chi connectivity index (χ2v) is 5.12. The van der Waals surface area contributed by atoms with E-state index in [9.17, 15) is 10.1 Å². The highest BCUT2D eigenvalue weighted by molar-refractivity contribution is 9.10. The average molecular weight is 340 g/mol. The second kappa shape index (κ2) is 6.69. The Morgan fingerprint density at radius 2 is 1.86 bits per heavy atom. The topological polar surface area (TPSA) is 76.7 Å². The summed E-state index contributed by atoms with van der Waals surface area (Å²) in [5.74, 6) is -1.29. The largest absolute Gasteiger partial charge is 0.324 e. The lowest BCUT2D eigenvalue weighted by molar-refractivity contribution is -0.116. The molecule has 2 rings (SSSR count). The Hall–Kier alpha value is -2.63. The minimum absolute atomic E-state index is 0.408. The molecule has 0 radical (unpaired) electrons. The third kappa shape index (κ3) is 3.47. The monoisotopic (exact) mass is 339 g/mol. The highest BCUT2D eigenvalue weighted by atomic mass is 79.9. The molecule has 0 aliphatic carbocycles. The van der Waals surface area contributed by atoms with Crippen LogP contribution < -0.4 is 5.32 Å². The first kappa shape index (κ1) is 14.8. The fourth-order valence-electron chi connectivity index (χ4n) is 1.82. The summed E-state index contributed by atoms with van der Waals surface area (Å²) in [7, 11) is 0. The van der Waals surface area contributed by atoms with Crippen LogP contribution in [0.15, 0.2) is 53.0 Å². The van der Waals surface area contributed by atoms with Gasteiger partial charge in [0.1, 0.15) is 0 Å². The zero-order valence-corrected chi connectivity index (χ0v) is 12.5. The van der Waals surface area contributed by atoms with Crippen molar-refractivity contribution in [1.29, 1.82) is 10.5 Å². The first-order valence-electron chi connectivity index (χ1n) is 6.11. The fraction of sp³-hybridized carbons (Fsp3) is 0.0625. The molecule has 2 aromatic carbocycles. The van der Waals surface area contributed by atoms with Gasteiger partial charge in [0.05, 0.1) is 23.4 Å². The average Bonchev–Trinajstić information content (AvgIpc) is 2.51. The summed E-state index contributed by atoms with van der Waals surface area (Å²) in [4.78, 5) is 12.2. The van der Waals surface area contributed by atoms with Crippen LogP contribution in [-0.2, 0) is 4.79 Å². The minimum atomic E-state index is -0.881. The molecule has 5 heteroatoms. The molecule has 1 atom stereocenters. The number of nitriles is 2. The molecule has 0 aliphatic rings. The van der Waals surface area contributed by atoms with Crippen molar-refractivity contribution in [1.82, 2.24) is 0 Å². The van der Waals surface area contributed by atoms with Gasteiger partial charge in [0, 0.05) is 4.47 Å². The summed E-state index contributed by atoms with van der Waals surface area (Å²) in [6.07, 6.45) is 0. The molecule has 0 saturated carbocycles. The van der Waals surface area contributed by atoms with Gasteiger partial charge in [-0.25, -0.2) is 0 Å². The van der Waals surface area contributed by atoms with E-state index in [-0.39, 0.29) is 0 Å². The van der Waals surface area contributed by atoms with Crippen LogP contribution in [-0.4, -0.2) is 5.91 Å². The van der Waals surface area contributed by atoms with E-state index in [1.165, 1.54) is 0 Å². The maximum atomic E-state index is 12.2. The van der Waals surface area contributed by atoms with E-state index < -0.39 is 11.8 Å². The third-order valence-electron chi connectivity index (χ3n) is 2.88. The zero-order chi connectivity index (χ0) is 15.2. The quantitative estimate of drug-likeness (QED) is 0.928. The van der Waals surface area contributed by atoms with Gasteiger partial charge in [-0.1, -0.05) is 30.3 Å². The smallest absolute Gasteiger partial charge is 0.246 e. The Bertz CT molecular complexity index is 744. The van der Waals surface area contributed by atoms with Crippen molar-refractivity contribution in [3.05, 3.63) is 64.1 Å². The highest BCUT2D eigenvalue weighted by Gasteiger charge is 2.20. The number of anilines is 1. The van der Waals surface area contributed by atoms with Gasteiger partial charge < -0.3 is 5.32 Å². The molecule has 102 valence electrons. The zero-order valence-electron chi connectivity index (χ0n) is 10.9. The number of amides is 1. The van der Waals surface area contributed by atoms with E-state index in [2.05, 4.69) is 21.2 Å². The first-order valence-corrected chi connectivity index (χ1v) is 6.90. The number of halogens is 1. The molecular weight excluding hydrogens is 330 g/mol. The molecular formula is C16H10BrN3O. The first-order chi connectivity index (χ1) is 10.2. The van der Waals surface area contributed by atoms with Crippen LogP contribution in [0.4, 0.5) is 5.69 Å². The molecule has 21 heavy (non-hydrogen) atoms. The predicted molar refractivity (Wildman–Crippen MR) is 82.3 cm³/mol. The molecule has 0 heterocycles. The van der Waals surface area contributed by atoms with Gasteiger partial charge in [0.2, 0.25) is 5.91 Å². The Morgan fingerprint density at radius 3 is 2.43 bits per heavy atom. The normalized spacial score (nSPS) is 11.0. The van der Waals surface area contributed by atoms with Gasteiger partial charge in [-0.15, -0.1) is 0 Å². The number of nitrogens with one attached hydrogen (secondary N) is 1. The summed E-state index contributed by atoms with van der Waals surface area (Å²) in [5, 5.41) is 20.7. The number of nitrogens with zero attached hydrogens (tertiary/aromatic N) is 2. The van der Waals surface area contributed by atoms with Crippen LogP contribution in [0.3, 0.4) is 0 Å². The van der Waals surface area contributed by atoms with Gasteiger partial charge in [-0.05, 0) is 39.7 Å². The van der Waals surface area contributed by atoms with Crippen LogP contribution in [0.25, 0.3) is 0 Å². The molecule has 0 fully saturated rings. The molecule has 4 nitrogen and oxygen atoms in total. The molecule has 2 aromatic rings. The molecule has 1 N–H and O–H groups in total. The summed E-state index contributed by atoms with van der Waals surface area (Å²) >= 11 is 3.29. The van der Waals surface area contributed by atoms with Crippen LogP contribution >= 0.6 is 15.9 Å². The Morgan fingerprint density at radius 1 is 1.14 bits per heavy atom. The number of hydrogen-bond acceptors (Lipinski definition) is 3.